The van der Waals surface area contributed by atoms with Crippen LogP contribution in [0.2, 0.25) is 10.0 Å². The largest absolute Gasteiger partial charge is 0.386 e. The van der Waals surface area contributed by atoms with E-state index in [1.807, 2.05) is 0 Å². The molecule has 0 aliphatic heterocycles. The Bertz CT molecular complexity index is 457. The molecule has 4 heteroatoms. The summed E-state index contributed by atoms with van der Waals surface area (Å²) in [6.45, 7) is 12.0. The molecule has 0 aromatic heterocycles. The highest BCUT2D eigenvalue weighted by Gasteiger charge is 2.19. The van der Waals surface area contributed by atoms with Crippen molar-refractivity contribution >= 4 is 29.1 Å². The Labute approximate surface area is 98.6 Å². The van der Waals surface area contributed by atoms with Gasteiger partial charge in [0.25, 0.3) is 0 Å². The summed E-state index contributed by atoms with van der Waals surface area (Å²) in [5.41, 5.74) is 2.31. The van der Waals surface area contributed by atoms with Gasteiger partial charge in [0.1, 0.15) is 0 Å². The van der Waals surface area contributed by atoms with Crippen molar-refractivity contribution in [1.29, 1.82) is 0 Å². The van der Waals surface area contributed by atoms with Crippen LogP contribution >= 0.6 is 23.2 Å². The van der Waals surface area contributed by atoms with Crippen LogP contribution in [-0.2, 0) is 0 Å². The predicted molar refractivity (Wildman–Crippen MR) is 61.6 cm³/mol. The Kier molecular flexibility index (Phi) is 3.38. The number of halogens is 2. The molecule has 0 bridgehead atoms. The molecule has 0 spiro atoms. The summed E-state index contributed by atoms with van der Waals surface area (Å²) in [7, 11) is 0. The van der Waals surface area contributed by atoms with E-state index in [0.29, 0.717) is 26.7 Å². The van der Waals surface area contributed by atoms with Crippen molar-refractivity contribution in [2.24, 2.45) is 0 Å². The quantitative estimate of drug-likeness (QED) is 0.682. The summed E-state index contributed by atoms with van der Waals surface area (Å²) in [5.74, 6) is -0.617. The van der Waals surface area contributed by atoms with E-state index in [9.17, 15) is 4.79 Å². The average molecular weight is 242 g/mol. The molecule has 0 aliphatic rings. The molecule has 15 heavy (non-hydrogen) atoms. The third kappa shape index (κ3) is 1.86. The zero-order chi connectivity index (χ0) is 11.7. The molecule has 0 radical (unpaired) electrons. The van der Waals surface area contributed by atoms with Crippen LogP contribution in [0.15, 0.2) is 0 Å². The summed E-state index contributed by atoms with van der Waals surface area (Å²) in [5, 5.41) is 0.912. The lowest BCUT2D eigenvalue weighted by molar-refractivity contribution is 0.104. The normalized spacial score (nSPS) is 9.87. The van der Waals surface area contributed by atoms with Crippen LogP contribution in [0.3, 0.4) is 0 Å². The van der Waals surface area contributed by atoms with Crippen molar-refractivity contribution in [3.8, 4) is 0 Å². The lowest BCUT2D eigenvalue weighted by atomic mass is 9.99. The monoisotopic (exact) mass is 241 g/mol. The molecule has 0 heterocycles. The van der Waals surface area contributed by atoms with E-state index in [0.717, 1.165) is 5.56 Å². The minimum Gasteiger partial charge on any atom is -0.311 e. The molecule has 78 valence electrons. The predicted octanol–water partition coefficient (Wildman–Crippen LogP) is 3.98. The van der Waals surface area contributed by atoms with Crippen LogP contribution in [0, 0.1) is 27.3 Å². The van der Waals surface area contributed by atoms with Gasteiger partial charge in [-0.25, -0.2) is 0 Å². The molecule has 1 rings (SSSR count). The SMILES string of the molecule is [C-]#[N+]C(=O)c1c(C)c(Cl)c(C)c(Cl)c1C. The number of hydrogen-bond donors (Lipinski definition) is 0. The zero-order valence-electron chi connectivity index (χ0n) is 8.61. The van der Waals surface area contributed by atoms with Gasteiger partial charge in [0.2, 0.25) is 0 Å². The van der Waals surface area contributed by atoms with E-state index in [1.165, 1.54) is 0 Å². The number of nitrogens with zero attached hydrogens (tertiary/aromatic N) is 1. The van der Waals surface area contributed by atoms with Crippen molar-refractivity contribution in [2.45, 2.75) is 20.8 Å². The summed E-state index contributed by atoms with van der Waals surface area (Å²) in [4.78, 5) is 14.3. The first-order valence-electron chi connectivity index (χ1n) is 4.28. The number of hydrogen-bond acceptors (Lipinski definition) is 1. The molecular formula is C11H9Cl2NO. The number of amides is 1. The Morgan fingerprint density at radius 3 is 1.80 bits per heavy atom. The molecule has 0 saturated carbocycles. The second-order valence-electron chi connectivity index (χ2n) is 3.29. The highest BCUT2D eigenvalue weighted by Crippen LogP contribution is 2.34. The van der Waals surface area contributed by atoms with E-state index in [4.69, 9.17) is 29.8 Å². The van der Waals surface area contributed by atoms with Gasteiger partial charge in [-0.1, -0.05) is 23.2 Å². The van der Waals surface area contributed by atoms with Gasteiger partial charge in [-0.3, -0.25) is 0 Å². The van der Waals surface area contributed by atoms with Gasteiger partial charge in [0.15, 0.2) is 0 Å². The first-order chi connectivity index (χ1) is 6.91. The maximum Gasteiger partial charge on any atom is 0.386 e. The Morgan fingerprint density at radius 1 is 1.07 bits per heavy atom. The van der Waals surface area contributed by atoms with E-state index in [2.05, 4.69) is 4.85 Å². The summed E-state index contributed by atoms with van der Waals surface area (Å²) in [6, 6.07) is 0. The first kappa shape index (κ1) is 12.0. The van der Waals surface area contributed by atoms with Gasteiger partial charge in [-0.15, -0.1) is 0 Å². The second kappa shape index (κ2) is 4.22. The van der Waals surface area contributed by atoms with Gasteiger partial charge in [-0.05, 0) is 37.5 Å². The highest BCUT2D eigenvalue weighted by atomic mass is 35.5. The smallest absolute Gasteiger partial charge is 0.311 e. The van der Waals surface area contributed by atoms with E-state index in [-0.39, 0.29) is 0 Å². The number of carbonyl (C=O) groups is 1. The molecule has 1 aromatic rings. The average Bonchev–Trinajstić information content (AvgIpc) is 2.23. The van der Waals surface area contributed by atoms with E-state index >= 15 is 0 Å². The molecular weight excluding hydrogens is 233 g/mol. The van der Waals surface area contributed by atoms with Gasteiger partial charge in [-0.2, -0.15) is 4.85 Å². The van der Waals surface area contributed by atoms with Crippen LogP contribution in [-0.4, -0.2) is 5.91 Å². The molecule has 0 unspecified atom stereocenters. The minimum absolute atomic E-state index is 0.325. The standard InChI is InChI=1S/C11H9Cl2NO/c1-5-8(11(15)14-4)6(2)10(13)7(3)9(5)12/h1-3H3. The van der Waals surface area contributed by atoms with Crippen LogP contribution < -0.4 is 0 Å². The molecule has 0 aliphatic carbocycles. The minimum atomic E-state index is -0.617. The molecule has 0 atom stereocenters. The van der Waals surface area contributed by atoms with Gasteiger partial charge < -0.3 is 4.79 Å². The van der Waals surface area contributed by atoms with Crippen LogP contribution in [0.25, 0.3) is 4.85 Å². The fraction of sp³-hybridized carbons (Fsp3) is 0.273. The maximum absolute atomic E-state index is 11.4. The fourth-order valence-electron chi connectivity index (χ4n) is 1.54. The Balaban J connectivity index is 3.69. The van der Waals surface area contributed by atoms with Gasteiger partial charge in [0.05, 0.1) is 6.57 Å². The molecule has 0 fully saturated rings. The third-order valence-electron chi connectivity index (χ3n) is 2.38. The fourth-order valence-corrected chi connectivity index (χ4v) is 1.96. The maximum atomic E-state index is 11.4. The van der Waals surface area contributed by atoms with Crippen LogP contribution in [0.1, 0.15) is 27.0 Å². The van der Waals surface area contributed by atoms with Crippen LogP contribution in [0.5, 0.6) is 0 Å². The van der Waals surface area contributed by atoms with Crippen molar-refractivity contribution in [1.82, 2.24) is 0 Å². The van der Waals surface area contributed by atoms with Crippen molar-refractivity contribution in [3.05, 3.63) is 43.7 Å². The van der Waals surface area contributed by atoms with Gasteiger partial charge >= 0.3 is 5.91 Å². The first-order valence-corrected chi connectivity index (χ1v) is 5.04. The van der Waals surface area contributed by atoms with E-state index < -0.39 is 5.91 Å². The van der Waals surface area contributed by atoms with Gasteiger partial charge in [0, 0.05) is 15.6 Å². The van der Waals surface area contributed by atoms with Crippen molar-refractivity contribution in [2.75, 3.05) is 0 Å². The molecule has 2 nitrogen and oxygen atoms in total. The highest BCUT2D eigenvalue weighted by molar-refractivity contribution is 6.37. The van der Waals surface area contributed by atoms with Crippen LogP contribution in [0.4, 0.5) is 0 Å². The number of rotatable bonds is 1. The lowest BCUT2D eigenvalue weighted by Crippen LogP contribution is -2.03. The lowest BCUT2D eigenvalue weighted by Gasteiger charge is -2.13. The molecule has 0 N–H and O–H groups in total. The zero-order valence-corrected chi connectivity index (χ0v) is 10.1. The molecule has 1 amide bonds. The second-order valence-corrected chi connectivity index (χ2v) is 4.05. The summed E-state index contributed by atoms with van der Waals surface area (Å²) in [6.07, 6.45) is 0. The Hall–Kier alpha value is -1.04. The Morgan fingerprint density at radius 2 is 1.47 bits per heavy atom. The van der Waals surface area contributed by atoms with Crippen molar-refractivity contribution < 1.29 is 4.79 Å². The molecule has 0 saturated heterocycles. The van der Waals surface area contributed by atoms with Crippen molar-refractivity contribution in [3.63, 3.8) is 0 Å². The topological polar surface area (TPSA) is 21.4 Å². The summed E-state index contributed by atoms with van der Waals surface area (Å²) < 4.78 is 0. The van der Waals surface area contributed by atoms with E-state index in [1.54, 1.807) is 20.8 Å². The number of benzene rings is 1. The summed E-state index contributed by atoms with van der Waals surface area (Å²) >= 11 is 12.0. The number of carbonyl (C=O) groups excluding carboxylic acids is 1. The molecule has 1 aromatic carbocycles. The third-order valence-corrected chi connectivity index (χ3v) is 3.52.